The Morgan fingerprint density at radius 3 is 2.48 bits per heavy atom. The monoisotopic (exact) mass is 466 g/mol. The van der Waals surface area contributed by atoms with E-state index in [9.17, 15) is 9.59 Å². The fraction of sp³-hybridized carbons (Fsp3) is 0.280. The molecule has 2 aromatic carbocycles. The highest BCUT2D eigenvalue weighted by Gasteiger charge is 2.36. The molecule has 7 nitrogen and oxygen atoms in total. The summed E-state index contributed by atoms with van der Waals surface area (Å²) in [6, 6.07) is 14.5. The normalized spacial score (nSPS) is 15.9. The first-order valence-corrected chi connectivity index (χ1v) is 11.3. The van der Waals surface area contributed by atoms with Crippen molar-refractivity contribution in [2.75, 3.05) is 11.7 Å². The summed E-state index contributed by atoms with van der Waals surface area (Å²) in [6.07, 6.45) is 5.44. The van der Waals surface area contributed by atoms with Crippen LogP contribution in [0.25, 0.3) is 0 Å². The summed E-state index contributed by atoms with van der Waals surface area (Å²) in [4.78, 5) is 28.8. The minimum absolute atomic E-state index is 0.0876. The number of nitrogens with zero attached hydrogens (tertiary/aromatic N) is 1. The molecule has 2 heterocycles. The van der Waals surface area contributed by atoms with Crippen LogP contribution in [-0.4, -0.2) is 24.6 Å². The van der Waals surface area contributed by atoms with Gasteiger partial charge in [-0.2, -0.15) is 0 Å². The third-order valence-electron chi connectivity index (χ3n) is 5.98. The number of hydrogen-bond donors (Lipinski definition) is 1. The number of furan rings is 1. The number of rotatable bonds is 6. The molecule has 0 radical (unpaired) electrons. The third kappa shape index (κ3) is 4.41. The van der Waals surface area contributed by atoms with Gasteiger partial charge in [-0.3, -0.25) is 14.5 Å². The molecule has 0 unspecified atom stereocenters. The molecule has 1 aliphatic heterocycles. The summed E-state index contributed by atoms with van der Waals surface area (Å²) in [5.74, 6) is 0.515. The van der Waals surface area contributed by atoms with Crippen molar-refractivity contribution >= 4 is 29.1 Å². The Bertz CT molecular complexity index is 1140. The standard InChI is InChI=1S/C25H23ClN2O5/c26-17-9-7-16(8-10-17)23(24(29)27-18-4-1-2-5-18)28(25(30)21-6-3-13-31-21)19-11-12-20-22(14-19)33-15-32-20/h3,6-14,18,23H,1-2,4-5,15H2,(H,27,29)/t23-/m0/s1. The van der Waals surface area contributed by atoms with Gasteiger partial charge in [0.2, 0.25) is 12.7 Å². The fourth-order valence-electron chi connectivity index (χ4n) is 4.35. The van der Waals surface area contributed by atoms with Crippen LogP contribution in [0.2, 0.25) is 5.02 Å². The van der Waals surface area contributed by atoms with Crippen LogP contribution >= 0.6 is 11.6 Å². The summed E-state index contributed by atoms with van der Waals surface area (Å²) in [5.41, 5.74) is 1.12. The van der Waals surface area contributed by atoms with Crippen molar-refractivity contribution in [1.82, 2.24) is 5.32 Å². The molecule has 2 aliphatic rings. The lowest BCUT2D eigenvalue weighted by Gasteiger charge is -2.32. The van der Waals surface area contributed by atoms with Crippen LogP contribution in [-0.2, 0) is 4.79 Å². The van der Waals surface area contributed by atoms with Crippen LogP contribution in [0.5, 0.6) is 11.5 Å². The molecule has 5 rings (SSSR count). The predicted octanol–water partition coefficient (Wildman–Crippen LogP) is 5.11. The van der Waals surface area contributed by atoms with E-state index >= 15 is 0 Å². The van der Waals surface area contributed by atoms with Crippen molar-refractivity contribution in [2.24, 2.45) is 0 Å². The summed E-state index contributed by atoms with van der Waals surface area (Å²) in [7, 11) is 0. The molecular formula is C25H23ClN2O5. The van der Waals surface area contributed by atoms with E-state index in [-0.39, 0.29) is 24.5 Å². The fourth-order valence-corrected chi connectivity index (χ4v) is 4.48. The van der Waals surface area contributed by atoms with Crippen molar-refractivity contribution in [1.29, 1.82) is 0 Å². The number of carbonyl (C=O) groups excluding carboxylic acids is 2. The Balaban J connectivity index is 1.60. The van der Waals surface area contributed by atoms with Gasteiger partial charge in [0.1, 0.15) is 6.04 Å². The number of amides is 2. The van der Waals surface area contributed by atoms with Crippen molar-refractivity contribution in [3.63, 3.8) is 0 Å². The van der Waals surface area contributed by atoms with Gasteiger partial charge in [-0.25, -0.2) is 0 Å². The van der Waals surface area contributed by atoms with Gasteiger partial charge in [0.05, 0.1) is 6.26 Å². The molecular weight excluding hydrogens is 444 g/mol. The van der Waals surface area contributed by atoms with Gasteiger partial charge in [0, 0.05) is 22.8 Å². The summed E-state index contributed by atoms with van der Waals surface area (Å²) in [6.45, 7) is 0.105. The highest BCUT2D eigenvalue weighted by molar-refractivity contribution is 6.30. The highest BCUT2D eigenvalue weighted by atomic mass is 35.5. The van der Waals surface area contributed by atoms with Crippen LogP contribution in [0, 0.1) is 0 Å². The van der Waals surface area contributed by atoms with Crippen molar-refractivity contribution in [2.45, 2.75) is 37.8 Å². The number of fused-ring (bicyclic) bond motifs is 1. The lowest BCUT2D eigenvalue weighted by Crippen LogP contribution is -2.46. The summed E-state index contributed by atoms with van der Waals surface area (Å²) in [5, 5.41) is 3.68. The van der Waals surface area contributed by atoms with E-state index in [0.29, 0.717) is 27.8 Å². The zero-order valence-electron chi connectivity index (χ0n) is 17.8. The number of nitrogens with one attached hydrogen (secondary N) is 1. The van der Waals surface area contributed by atoms with Crippen molar-refractivity contribution in [3.8, 4) is 11.5 Å². The number of benzene rings is 2. The van der Waals surface area contributed by atoms with E-state index in [2.05, 4.69) is 5.32 Å². The smallest absolute Gasteiger partial charge is 0.294 e. The van der Waals surface area contributed by atoms with E-state index in [4.69, 9.17) is 25.5 Å². The molecule has 33 heavy (non-hydrogen) atoms. The van der Waals surface area contributed by atoms with E-state index in [0.717, 1.165) is 25.7 Å². The summed E-state index contributed by atoms with van der Waals surface area (Å²) >= 11 is 6.11. The van der Waals surface area contributed by atoms with Crippen LogP contribution in [0.4, 0.5) is 5.69 Å². The molecule has 170 valence electrons. The molecule has 1 atom stereocenters. The lowest BCUT2D eigenvalue weighted by atomic mass is 10.0. The Kier molecular flexibility index (Phi) is 5.96. The zero-order valence-corrected chi connectivity index (χ0v) is 18.6. The average molecular weight is 467 g/mol. The Morgan fingerprint density at radius 1 is 1.00 bits per heavy atom. The zero-order chi connectivity index (χ0) is 22.8. The average Bonchev–Trinajstić information content (AvgIpc) is 3.60. The molecule has 1 saturated carbocycles. The van der Waals surface area contributed by atoms with Crippen LogP contribution in [0.15, 0.2) is 65.3 Å². The molecule has 0 saturated heterocycles. The SMILES string of the molecule is O=C(NC1CCCC1)[C@H](c1ccc(Cl)cc1)N(C(=O)c1ccco1)c1ccc2c(c1)OCO2. The van der Waals surface area contributed by atoms with E-state index in [1.807, 2.05) is 0 Å². The van der Waals surface area contributed by atoms with Crippen molar-refractivity contribution < 1.29 is 23.5 Å². The number of halogens is 1. The molecule has 1 fully saturated rings. The second-order valence-corrected chi connectivity index (χ2v) is 8.57. The topological polar surface area (TPSA) is 81.0 Å². The number of ether oxygens (including phenoxy) is 2. The molecule has 8 heteroatoms. The van der Waals surface area contributed by atoms with Gasteiger partial charge in [0.25, 0.3) is 5.91 Å². The number of carbonyl (C=O) groups is 2. The van der Waals surface area contributed by atoms with Crippen LogP contribution < -0.4 is 19.7 Å². The van der Waals surface area contributed by atoms with Crippen molar-refractivity contribution in [3.05, 3.63) is 77.2 Å². The minimum Gasteiger partial charge on any atom is -0.459 e. The maximum Gasteiger partial charge on any atom is 0.294 e. The van der Waals surface area contributed by atoms with E-state index in [1.165, 1.54) is 11.2 Å². The molecule has 1 aliphatic carbocycles. The molecule has 0 spiro atoms. The maximum atomic E-state index is 13.7. The van der Waals surface area contributed by atoms with Crippen LogP contribution in [0.1, 0.15) is 47.8 Å². The molecule has 2 amide bonds. The quantitative estimate of drug-likeness (QED) is 0.546. The van der Waals surface area contributed by atoms with E-state index < -0.39 is 11.9 Å². The van der Waals surface area contributed by atoms with E-state index in [1.54, 1.807) is 54.6 Å². The molecule has 3 aromatic rings. The van der Waals surface area contributed by atoms with Gasteiger partial charge in [-0.1, -0.05) is 36.6 Å². The lowest BCUT2D eigenvalue weighted by molar-refractivity contribution is -0.123. The van der Waals surface area contributed by atoms with Gasteiger partial charge >= 0.3 is 0 Å². The van der Waals surface area contributed by atoms with Gasteiger partial charge in [-0.05, 0) is 54.8 Å². The number of hydrogen-bond acceptors (Lipinski definition) is 5. The first-order valence-electron chi connectivity index (χ1n) is 10.9. The maximum absolute atomic E-state index is 13.7. The second kappa shape index (κ2) is 9.19. The Morgan fingerprint density at radius 2 is 1.76 bits per heavy atom. The third-order valence-corrected chi connectivity index (χ3v) is 6.23. The first-order chi connectivity index (χ1) is 16.1. The molecule has 0 bridgehead atoms. The highest BCUT2D eigenvalue weighted by Crippen LogP contribution is 2.39. The van der Waals surface area contributed by atoms with Crippen LogP contribution in [0.3, 0.4) is 0 Å². The Labute approximate surface area is 196 Å². The molecule has 1 aromatic heterocycles. The summed E-state index contributed by atoms with van der Waals surface area (Å²) < 4.78 is 16.4. The molecule has 1 N–H and O–H groups in total. The number of anilines is 1. The predicted molar refractivity (Wildman–Crippen MR) is 123 cm³/mol. The minimum atomic E-state index is -0.944. The van der Waals surface area contributed by atoms with Gasteiger partial charge < -0.3 is 19.2 Å². The first kappa shape index (κ1) is 21.4. The van der Waals surface area contributed by atoms with Gasteiger partial charge in [-0.15, -0.1) is 0 Å². The van der Waals surface area contributed by atoms with Gasteiger partial charge in [0.15, 0.2) is 17.3 Å². The Hall–Kier alpha value is -3.45. The second-order valence-electron chi connectivity index (χ2n) is 8.13. The largest absolute Gasteiger partial charge is 0.459 e.